The number of carbonyl (C=O) groups excluding carboxylic acids is 1. The molecule has 0 saturated carbocycles. The molecule has 0 aliphatic rings. The highest BCUT2D eigenvalue weighted by molar-refractivity contribution is 7.99. The van der Waals surface area contributed by atoms with Crippen LogP contribution in [0, 0.1) is 0 Å². The lowest BCUT2D eigenvalue weighted by Gasteiger charge is -2.19. The van der Waals surface area contributed by atoms with Gasteiger partial charge in [0.05, 0.1) is 5.75 Å². The zero-order valence-electron chi connectivity index (χ0n) is 9.36. The van der Waals surface area contributed by atoms with Crippen molar-refractivity contribution in [3.8, 4) is 0 Å². The number of ether oxygens (including phenoxy) is 1. The second kappa shape index (κ2) is 5.50. The van der Waals surface area contributed by atoms with Crippen molar-refractivity contribution in [2.45, 2.75) is 31.4 Å². The van der Waals surface area contributed by atoms with Crippen molar-refractivity contribution in [1.82, 2.24) is 9.97 Å². The highest BCUT2D eigenvalue weighted by Crippen LogP contribution is 2.18. The quantitative estimate of drug-likeness (QED) is 0.475. The first-order valence-electron chi connectivity index (χ1n) is 4.69. The summed E-state index contributed by atoms with van der Waals surface area (Å²) in [6, 6.07) is 1.61. The summed E-state index contributed by atoms with van der Waals surface area (Å²) in [5, 5.41) is 1.02. The lowest BCUT2D eigenvalue weighted by Crippen LogP contribution is -2.24. The summed E-state index contributed by atoms with van der Waals surface area (Å²) in [4.78, 5) is 19.1. The molecule has 0 saturated heterocycles. The van der Waals surface area contributed by atoms with Crippen molar-refractivity contribution in [3.05, 3.63) is 17.5 Å². The van der Waals surface area contributed by atoms with Crippen LogP contribution in [0.4, 0.5) is 0 Å². The molecule has 16 heavy (non-hydrogen) atoms. The molecule has 0 N–H and O–H groups in total. The van der Waals surface area contributed by atoms with E-state index in [2.05, 4.69) is 9.97 Å². The zero-order chi connectivity index (χ0) is 12.2. The van der Waals surface area contributed by atoms with Crippen molar-refractivity contribution in [2.24, 2.45) is 0 Å². The van der Waals surface area contributed by atoms with Crippen LogP contribution in [0.3, 0.4) is 0 Å². The van der Waals surface area contributed by atoms with Gasteiger partial charge in [0.2, 0.25) is 0 Å². The fraction of sp³-hybridized carbons (Fsp3) is 0.500. The van der Waals surface area contributed by atoms with Crippen LogP contribution in [-0.2, 0) is 9.53 Å². The van der Waals surface area contributed by atoms with Crippen molar-refractivity contribution in [2.75, 3.05) is 5.75 Å². The molecule has 0 amide bonds. The molecular formula is C10H13ClN2O2S. The van der Waals surface area contributed by atoms with Gasteiger partial charge < -0.3 is 4.74 Å². The Balaban J connectivity index is 2.43. The van der Waals surface area contributed by atoms with Gasteiger partial charge in [0.25, 0.3) is 0 Å². The Morgan fingerprint density at radius 2 is 2.19 bits per heavy atom. The largest absolute Gasteiger partial charge is 0.459 e. The van der Waals surface area contributed by atoms with Crippen molar-refractivity contribution in [3.63, 3.8) is 0 Å². The summed E-state index contributed by atoms with van der Waals surface area (Å²) in [5.41, 5.74) is -0.457. The summed E-state index contributed by atoms with van der Waals surface area (Å²) in [7, 11) is 0. The number of hydrogen-bond donors (Lipinski definition) is 0. The third-order valence-corrected chi connectivity index (χ3v) is 2.47. The van der Waals surface area contributed by atoms with E-state index in [-0.39, 0.29) is 11.7 Å². The van der Waals surface area contributed by atoms with Crippen LogP contribution in [0.2, 0.25) is 5.15 Å². The molecule has 0 aromatic carbocycles. The molecule has 1 rings (SSSR count). The maximum atomic E-state index is 11.4. The molecule has 0 radical (unpaired) electrons. The predicted octanol–water partition coefficient (Wildman–Crippen LogP) is 2.56. The number of rotatable bonds is 3. The number of aromatic nitrogens is 2. The monoisotopic (exact) mass is 260 g/mol. The number of halogens is 1. The Morgan fingerprint density at radius 1 is 1.50 bits per heavy atom. The zero-order valence-corrected chi connectivity index (χ0v) is 10.9. The van der Waals surface area contributed by atoms with Crippen LogP contribution in [-0.4, -0.2) is 27.3 Å². The normalized spacial score (nSPS) is 11.2. The molecule has 4 nitrogen and oxygen atoms in total. The van der Waals surface area contributed by atoms with Gasteiger partial charge in [-0.2, -0.15) is 0 Å². The summed E-state index contributed by atoms with van der Waals surface area (Å²) in [6.07, 6.45) is 1.36. The number of esters is 1. The third-order valence-electron chi connectivity index (χ3n) is 1.37. The highest BCUT2D eigenvalue weighted by atomic mass is 35.5. The fourth-order valence-electron chi connectivity index (χ4n) is 0.900. The number of carbonyl (C=O) groups is 1. The second-order valence-electron chi connectivity index (χ2n) is 4.05. The van der Waals surface area contributed by atoms with Crippen LogP contribution >= 0.6 is 23.4 Å². The summed E-state index contributed by atoms with van der Waals surface area (Å²) in [6.45, 7) is 5.49. The van der Waals surface area contributed by atoms with Crippen LogP contribution in [0.1, 0.15) is 20.8 Å². The average molecular weight is 261 g/mol. The smallest absolute Gasteiger partial charge is 0.316 e. The maximum Gasteiger partial charge on any atom is 0.316 e. The van der Waals surface area contributed by atoms with Crippen molar-refractivity contribution >= 4 is 29.3 Å². The molecule has 0 atom stereocenters. The number of nitrogens with zero attached hydrogens (tertiary/aromatic N) is 2. The van der Waals surface area contributed by atoms with E-state index in [1.54, 1.807) is 6.07 Å². The molecule has 1 aromatic heterocycles. The first kappa shape index (κ1) is 13.3. The van der Waals surface area contributed by atoms with Gasteiger partial charge in [-0.15, -0.1) is 0 Å². The van der Waals surface area contributed by atoms with Crippen LogP contribution in [0.5, 0.6) is 0 Å². The molecule has 0 aliphatic heterocycles. The lowest BCUT2D eigenvalue weighted by atomic mass is 10.2. The Hall–Kier alpha value is -0.810. The Labute approximate surface area is 104 Å². The Kier molecular flexibility index (Phi) is 4.56. The topological polar surface area (TPSA) is 52.1 Å². The lowest BCUT2D eigenvalue weighted by molar-refractivity contribution is -0.151. The summed E-state index contributed by atoms with van der Waals surface area (Å²) < 4.78 is 5.15. The molecule has 0 fully saturated rings. The molecule has 1 heterocycles. The Bertz CT molecular complexity index is 379. The molecule has 0 aliphatic carbocycles. The number of hydrogen-bond acceptors (Lipinski definition) is 5. The second-order valence-corrected chi connectivity index (χ2v) is 5.44. The van der Waals surface area contributed by atoms with Crippen molar-refractivity contribution in [1.29, 1.82) is 0 Å². The maximum absolute atomic E-state index is 11.4. The van der Waals surface area contributed by atoms with E-state index in [1.807, 2.05) is 20.8 Å². The van der Waals surface area contributed by atoms with E-state index >= 15 is 0 Å². The van der Waals surface area contributed by atoms with E-state index in [4.69, 9.17) is 16.3 Å². The van der Waals surface area contributed by atoms with Gasteiger partial charge in [-0.1, -0.05) is 23.4 Å². The van der Waals surface area contributed by atoms with Crippen LogP contribution in [0.25, 0.3) is 0 Å². The van der Waals surface area contributed by atoms with Gasteiger partial charge in [-0.3, -0.25) is 4.79 Å². The standard InChI is InChI=1S/C10H13ClN2O2S/c1-10(2,3)15-9(14)5-16-8-4-7(11)12-6-13-8/h4,6H,5H2,1-3H3. The molecule has 0 unspecified atom stereocenters. The molecule has 0 spiro atoms. The minimum Gasteiger partial charge on any atom is -0.459 e. The van der Waals surface area contributed by atoms with Gasteiger partial charge in [-0.05, 0) is 20.8 Å². The fourth-order valence-corrected chi connectivity index (χ4v) is 1.75. The SMILES string of the molecule is CC(C)(C)OC(=O)CSc1cc(Cl)ncn1. The minimum atomic E-state index is -0.457. The predicted molar refractivity (Wildman–Crippen MR) is 63.6 cm³/mol. The summed E-state index contributed by atoms with van der Waals surface area (Å²) in [5.74, 6) is -0.0582. The van der Waals surface area contributed by atoms with E-state index in [1.165, 1.54) is 18.1 Å². The summed E-state index contributed by atoms with van der Waals surface area (Å²) >= 11 is 6.96. The number of thioether (sulfide) groups is 1. The van der Waals surface area contributed by atoms with Gasteiger partial charge in [0, 0.05) is 6.07 Å². The molecule has 6 heteroatoms. The van der Waals surface area contributed by atoms with E-state index in [9.17, 15) is 4.79 Å². The minimum absolute atomic E-state index is 0.213. The van der Waals surface area contributed by atoms with Gasteiger partial charge in [-0.25, -0.2) is 9.97 Å². The molecule has 88 valence electrons. The van der Waals surface area contributed by atoms with E-state index in [0.29, 0.717) is 10.2 Å². The average Bonchev–Trinajstić information content (AvgIpc) is 2.12. The highest BCUT2D eigenvalue weighted by Gasteiger charge is 2.16. The van der Waals surface area contributed by atoms with Gasteiger partial charge >= 0.3 is 5.97 Å². The Morgan fingerprint density at radius 3 is 2.75 bits per heavy atom. The van der Waals surface area contributed by atoms with Crippen LogP contribution < -0.4 is 0 Å². The van der Waals surface area contributed by atoms with E-state index in [0.717, 1.165) is 0 Å². The van der Waals surface area contributed by atoms with Crippen molar-refractivity contribution < 1.29 is 9.53 Å². The third kappa shape index (κ3) is 5.32. The van der Waals surface area contributed by atoms with E-state index < -0.39 is 5.60 Å². The first-order chi connectivity index (χ1) is 7.37. The van der Waals surface area contributed by atoms with Gasteiger partial charge in [0.15, 0.2) is 0 Å². The molecule has 0 bridgehead atoms. The van der Waals surface area contributed by atoms with Crippen LogP contribution in [0.15, 0.2) is 17.4 Å². The van der Waals surface area contributed by atoms with Gasteiger partial charge in [0.1, 0.15) is 22.1 Å². The molecule has 1 aromatic rings. The first-order valence-corrected chi connectivity index (χ1v) is 6.05. The molecular weight excluding hydrogens is 248 g/mol.